The van der Waals surface area contributed by atoms with Gasteiger partial charge in [-0.1, -0.05) is 13.8 Å². The lowest BCUT2D eigenvalue weighted by atomic mass is 9.95. The highest BCUT2D eigenvalue weighted by Gasteiger charge is 2.18. The van der Waals surface area contributed by atoms with Gasteiger partial charge in [0.15, 0.2) is 23.9 Å². The van der Waals surface area contributed by atoms with Gasteiger partial charge in [0, 0.05) is 17.7 Å². The van der Waals surface area contributed by atoms with Crippen LogP contribution in [0.25, 0.3) is 0 Å². The van der Waals surface area contributed by atoms with E-state index in [2.05, 4.69) is 26.0 Å². The number of nitrogens with zero attached hydrogens (tertiary/aromatic N) is 1. The number of ketones is 1. The van der Waals surface area contributed by atoms with Gasteiger partial charge in [-0.3, -0.25) is 4.79 Å². The molecule has 1 aliphatic rings. The highest BCUT2D eigenvalue weighted by molar-refractivity contribution is 5.95. The Morgan fingerprint density at radius 2 is 1.71 bits per heavy atom. The van der Waals surface area contributed by atoms with E-state index < -0.39 is 0 Å². The Labute approximate surface area is 143 Å². The zero-order valence-corrected chi connectivity index (χ0v) is 14.3. The number of hydrogen-bond donors (Lipinski definition) is 0. The Bertz CT molecular complexity index is 705. The lowest BCUT2D eigenvalue weighted by molar-refractivity contribution is -0.683. The Kier molecular flexibility index (Phi) is 5.14. The normalized spacial score (nSPS) is 13.1. The van der Waals surface area contributed by atoms with Crippen LogP contribution in [0, 0.1) is 0 Å². The van der Waals surface area contributed by atoms with Crippen LogP contribution >= 0.6 is 0 Å². The Morgan fingerprint density at radius 3 is 2.38 bits per heavy atom. The number of ether oxygens (including phenoxy) is 2. The van der Waals surface area contributed by atoms with Crippen LogP contribution < -0.4 is 14.0 Å². The van der Waals surface area contributed by atoms with Crippen molar-refractivity contribution in [2.75, 3.05) is 13.2 Å². The fraction of sp³-hybridized carbons (Fsp3) is 0.400. The van der Waals surface area contributed by atoms with E-state index in [0.717, 1.165) is 12.8 Å². The molecule has 0 amide bonds. The van der Waals surface area contributed by atoms with Gasteiger partial charge >= 0.3 is 0 Å². The molecule has 2 aromatic rings. The van der Waals surface area contributed by atoms with Crippen LogP contribution in [0.5, 0.6) is 11.5 Å². The van der Waals surface area contributed by atoms with E-state index in [0.29, 0.717) is 42.7 Å². The second-order valence-electron chi connectivity index (χ2n) is 6.10. The zero-order chi connectivity index (χ0) is 16.9. The average molecular weight is 326 g/mol. The molecule has 0 saturated heterocycles. The minimum atomic E-state index is 0.0623. The molecule has 1 aromatic carbocycles. The van der Waals surface area contributed by atoms with Crippen molar-refractivity contribution in [3.05, 3.63) is 53.9 Å². The van der Waals surface area contributed by atoms with E-state index in [1.807, 2.05) is 23.0 Å². The summed E-state index contributed by atoms with van der Waals surface area (Å²) in [6, 6.07) is 9.62. The van der Waals surface area contributed by atoms with Crippen LogP contribution in [0.2, 0.25) is 0 Å². The summed E-state index contributed by atoms with van der Waals surface area (Å²) in [5, 5.41) is 0. The first-order chi connectivity index (χ1) is 11.7. The van der Waals surface area contributed by atoms with Crippen molar-refractivity contribution in [2.24, 2.45) is 0 Å². The summed E-state index contributed by atoms with van der Waals surface area (Å²) in [4.78, 5) is 12.5. The first kappa shape index (κ1) is 16.5. The Morgan fingerprint density at radius 1 is 1.04 bits per heavy atom. The van der Waals surface area contributed by atoms with Crippen LogP contribution in [0.4, 0.5) is 0 Å². The van der Waals surface area contributed by atoms with Crippen LogP contribution in [-0.2, 0) is 6.54 Å². The molecule has 3 rings (SSSR count). The zero-order valence-electron chi connectivity index (χ0n) is 14.3. The first-order valence-corrected chi connectivity index (χ1v) is 8.63. The molecule has 126 valence electrons. The summed E-state index contributed by atoms with van der Waals surface area (Å²) in [5.74, 6) is 2.02. The molecule has 0 bridgehead atoms. The number of aromatic nitrogens is 1. The van der Waals surface area contributed by atoms with Gasteiger partial charge in [0.2, 0.25) is 12.3 Å². The maximum absolute atomic E-state index is 12.5. The van der Waals surface area contributed by atoms with E-state index in [1.165, 1.54) is 5.56 Å². The summed E-state index contributed by atoms with van der Waals surface area (Å²) in [6.07, 6.45) is 6.25. The van der Waals surface area contributed by atoms with Gasteiger partial charge < -0.3 is 9.47 Å². The number of rotatable bonds is 6. The fourth-order valence-corrected chi connectivity index (χ4v) is 3.08. The number of pyridine rings is 1. The third-order valence-corrected chi connectivity index (χ3v) is 4.56. The lowest BCUT2D eigenvalue weighted by Crippen LogP contribution is -2.37. The molecule has 24 heavy (non-hydrogen) atoms. The Hall–Kier alpha value is -2.36. The van der Waals surface area contributed by atoms with Gasteiger partial charge in [-0.25, -0.2) is 0 Å². The number of carbonyl (C=O) groups is 1. The quantitative estimate of drug-likeness (QED) is 0.602. The molecular weight excluding hydrogens is 302 g/mol. The summed E-state index contributed by atoms with van der Waals surface area (Å²) >= 11 is 0. The van der Waals surface area contributed by atoms with Crippen molar-refractivity contribution in [1.82, 2.24) is 0 Å². The monoisotopic (exact) mass is 326 g/mol. The minimum absolute atomic E-state index is 0.0623. The van der Waals surface area contributed by atoms with Gasteiger partial charge in [0.25, 0.3) is 0 Å². The van der Waals surface area contributed by atoms with Crippen LogP contribution in [0.15, 0.2) is 42.7 Å². The number of hydrogen-bond acceptors (Lipinski definition) is 3. The molecule has 1 aliphatic heterocycles. The second kappa shape index (κ2) is 7.47. The van der Waals surface area contributed by atoms with E-state index >= 15 is 0 Å². The molecule has 0 fully saturated rings. The molecule has 1 aromatic heterocycles. The molecule has 4 nitrogen and oxygen atoms in total. The topological polar surface area (TPSA) is 39.4 Å². The van der Waals surface area contributed by atoms with Gasteiger partial charge in [0.1, 0.15) is 13.2 Å². The maximum Gasteiger partial charge on any atom is 0.227 e. The largest absolute Gasteiger partial charge is 0.486 e. The van der Waals surface area contributed by atoms with E-state index in [4.69, 9.17) is 9.47 Å². The number of carbonyl (C=O) groups excluding carboxylic acids is 1. The third-order valence-electron chi connectivity index (χ3n) is 4.56. The molecule has 4 heteroatoms. The van der Waals surface area contributed by atoms with Crippen molar-refractivity contribution < 1.29 is 18.8 Å². The summed E-state index contributed by atoms with van der Waals surface area (Å²) < 4.78 is 13.0. The second-order valence-corrected chi connectivity index (χ2v) is 6.10. The predicted octanol–water partition coefficient (Wildman–Crippen LogP) is 3.53. The van der Waals surface area contributed by atoms with Crippen molar-refractivity contribution in [3.8, 4) is 11.5 Å². The Balaban J connectivity index is 1.70. The van der Waals surface area contributed by atoms with E-state index in [1.54, 1.807) is 12.1 Å². The maximum atomic E-state index is 12.5. The van der Waals surface area contributed by atoms with Crippen molar-refractivity contribution in [2.45, 2.75) is 39.2 Å². The van der Waals surface area contributed by atoms with Gasteiger partial charge in [0.05, 0.1) is 0 Å². The molecule has 0 radical (unpaired) electrons. The molecule has 0 spiro atoms. The van der Waals surface area contributed by atoms with E-state index in [9.17, 15) is 4.79 Å². The van der Waals surface area contributed by atoms with E-state index in [-0.39, 0.29) is 5.78 Å². The first-order valence-electron chi connectivity index (χ1n) is 8.63. The summed E-state index contributed by atoms with van der Waals surface area (Å²) in [7, 11) is 0. The lowest BCUT2D eigenvalue weighted by Gasteiger charge is -2.18. The minimum Gasteiger partial charge on any atom is -0.486 e. The van der Waals surface area contributed by atoms with Crippen molar-refractivity contribution in [3.63, 3.8) is 0 Å². The number of Topliss-reactive ketones (excluding diaryl/α,β-unsaturated/α-hetero) is 1. The van der Waals surface area contributed by atoms with Crippen LogP contribution in [-0.4, -0.2) is 19.0 Å². The SMILES string of the molecule is CCC(CC)c1cc[n+](CC(=O)c2ccc3c(c2)OCCO3)cc1. The number of benzene rings is 1. The molecule has 0 N–H and O–H groups in total. The summed E-state index contributed by atoms with van der Waals surface area (Å²) in [6.45, 7) is 5.82. The molecule has 0 atom stereocenters. The molecule has 0 saturated carbocycles. The van der Waals surface area contributed by atoms with Crippen molar-refractivity contribution >= 4 is 5.78 Å². The predicted molar refractivity (Wildman–Crippen MR) is 91.7 cm³/mol. The summed E-state index contributed by atoms with van der Waals surface area (Å²) in [5.41, 5.74) is 1.99. The van der Waals surface area contributed by atoms with Crippen LogP contribution in [0.3, 0.4) is 0 Å². The number of fused-ring (bicyclic) bond motifs is 1. The van der Waals surface area contributed by atoms with Crippen LogP contribution in [0.1, 0.15) is 48.5 Å². The standard InChI is InChI=1S/C20H24NO3/c1-3-15(4-2)16-7-9-21(10-8-16)14-18(22)17-5-6-19-20(13-17)24-12-11-23-19/h5-10,13,15H,3-4,11-12,14H2,1-2H3/q+1. The van der Waals surface area contributed by atoms with Crippen molar-refractivity contribution in [1.29, 1.82) is 0 Å². The fourth-order valence-electron chi connectivity index (χ4n) is 3.08. The molecule has 2 heterocycles. The third kappa shape index (κ3) is 3.58. The highest BCUT2D eigenvalue weighted by atomic mass is 16.6. The molecular formula is C20H24NO3+. The van der Waals surface area contributed by atoms with Gasteiger partial charge in [-0.2, -0.15) is 4.57 Å². The van der Waals surface area contributed by atoms with Gasteiger partial charge in [-0.15, -0.1) is 0 Å². The average Bonchev–Trinajstić information content (AvgIpc) is 2.63. The highest BCUT2D eigenvalue weighted by Crippen LogP contribution is 2.30. The molecule has 0 aliphatic carbocycles. The smallest absolute Gasteiger partial charge is 0.227 e. The molecule has 0 unspecified atom stereocenters. The van der Waals surface area contributed by atoms with Gasteiger partial charge in [-0.05, 0) is 42.5 Å².